The van der Waals surface area contributed by atoms with Gasteiger partial charge in [-0.2, -0.15) is 0 Å². The van der Waals surface area contributed by atoms with Crippen LogP contribution in [0.2, 0.25) is 0 Å². The van der Waals surface area contributed by atoms with Crippen molar-refractivity contribution in [3.8, 4) is 0 Å². The average molecular weight is 376 g/mol. The zero-order valence-corrected chi connectivity index (χ0v) is 16.3. The van der Waals surface area contributed by atoms with Crippen LogP contribution >= 0.6 is 0 Å². The normalized spacial score (nSPS) is 20.1. The highest BCUT2D eigenvalue weighted by Gasteiger charge is 2.24. The minimum atomic E-state index is -0.780. The average Bonchev–Trinajstić information content (AvgIpc) is 2.75. The van der Waals surface area contributed by atoms with E-state index in [2.05, 4.69) is 43.3 Å². The van der Waals surface area contributed by atoms with Crippen LogP contribution in [-0.2, 0) is 6.42 Å². The standard InChI is InChI=1S/C26H26F2/c1-2-3-4-18-5-7-19(8-6-18)20-9-11-21(12-10-20)22-13-15-24-23(17-22)14-16-25(27)26(24)28/h2-3,5-8,13-17,20-21H,4,9-12H2,1H3. The summed E-state index contributed by atoms with van der Waals surface area (Å²) >= 11 is 0. The summed E-state index contributed by atoms with van der Waals surface area (Å²) in [5.74, 6) is -0.398. The first-order valence-corrected chi connectivity index (χ1v) is 10.2. The Kier molecular flexibility index (Phi) is 5.57. The SMILES string of the molecule is CC=CCc1ccc(C2CCC(c3ccc4c(F)c(F)ccc4c3)CC2)cc1. The minimum absolute atomic E-state index is 0.371. The summed E-state index contributed by atoms with van der Waals surface area (Å²) in [6.45, 7) is 2.05. The Balaban J connectivity index is 1.44. The monoisotopic (exact) mass is 376 g/mol. The highest BCUT2D eigenvalue weighted by Crippen LogP contribution is 2.41. The molecule has 0 spiro atoms. The number of fused-ring (bicyclic) bond motifs is 1. The van der Waals surface area contributed by atoms with Gasteiger partial charge >= 0.3 is 0 Å². The molecule has 4 rings (SSSR count). The van der Waals surface area contributed by atoms with Crippen LogP contribution in [0.25, 0.3) is 10.8 Å². The molecule has 1 fully saturated rings. The van der Waals surface area contributed by atoms with E-state index in [-0.39, 0.29) is 0 Å². The second-order valence-corrected chi connectivity index (χ2v) is 7.91. The van der Waals surface area contributed by atoms with Gasteiger partial charge in [0.15, 0.2) is 11.6 Å². The Morgan fingerprint density at radius 1 is 0.821 bits per heavy atom. The van der Waals surface area contributed by atoms with Crippen LogP contribution in [-0.4, -0.2) is 0 Å². The smallest absolute Gasteiger partial charge is 0.166 e. The molecule has 0 saturated heterocycles. The van der Waals surface area contributed by atoms with Gasteiger partial charge < -0.3 is 0 Å². The lowest BCUT2D eigenvalue weighted by molar-refractivity contribution is 0.396. The van der Waals surface area contributed by atoms with E-state index in [1.54, 1.807) is 12.1 Å². The topological polar surface area (TPSA) is 0 Å². The van der Waals surface area contributed by atoms with E-state index >= 15 is 0 Å². The van der Waals surface area contributed by atoms with Gasteiger partial charge in [0.2, 0.25) is 0 Å². The Bertz CT molecular complexity index is 977. The number of rotatable bonds is 4. The van der Waals surface area contributed by atoms with Crippen LogP contribution in [0.1, 0.15) is 61.1 Å². The molecule has 1 aliphatic carbocycles. The summed E-state index contributed by atoms with van der Waals surface area (Å²) in [4.78, 5) is 0. The molecule has 0 N–H and O–H groups in total. The molecule has 0 aliphatic heterocycles. The molecule has 0 nitrogen and oxygen atoms in total. The lowest BCUT2D eigenvalue weighted by Crippen LogP contribution is -2.12. The fraction of sp³-hybridized carbons (Fsp3) is 0.308. The number of benzene rings is 3. The molecule has 144 valence electrons. The van der Waals surface area contributed by atoms with Crippen molar-refractivity contribution < 1.29 is 8.78 Å². The van der Waals surface area contributed by atoms with Crippen molar-refractivity contribution >= 4 is 10.8 Å². The largest absolute Gasteiger partial charge is 0.204 e. The van der Waals surface area contributed by atoms with Crippen molar-refractivity contribution in [3.05, 3.63) is 95.1 Å². The van der Waals surface area contributed by atoms with Gasteiger partial charge in [-0.1, -0.05) is 60.7 Å². The third-order valence-corrected chi connectivity index (χ3v) is 6.17. The van der Waals surface area contributed by atoms with E-state index in [4.69, 9.17) is 0 Å². The third-order valence-electron chi connectivity index (χ3n) is 6.17. The van der Waals surface area contributed by atoms with E-state index in [0.29, 0.717) is 17.2 Å². The fourth-order valence-corrected chi connectivity index (χ4v) is 4.48. The van der Waals surface area contributed by atoms with Gasteiger partial charge in [0.25, 0.3) is 0 Å². The fourth-order valence-electron chi connectivity index (χ4n) is 4.48. The molecule has 1 aliphatic rings. The first-order valence-electron chi connectivity index (χ1n) is 10.2. The Hall–Kier alpha value is -2.48. The molecule has 0 amide bonds. The highest BCUT2D eigenvalue weighted by atomic mass is 19.2. The van der Waals surface area contributed by atoms with Gasteiger partial charge in [0.1, 0.15) is 0 Å². The van der Waals surface area contributed by atoms with E-state index in [1.165, 1.54) is 35.6 Å². The maximum atomic E-state index is 13.9. The van der Waals surface area contributed by atoms with Crippen molar-refractivity contribution in [2.45, 2.75) is 50.9 Å². The van der Waals surface area contributed by atoms with Crippen LogP contribution in [0.4, 0.5) is 8.78 Å². The van der Waals surface area contributed by atoms with Crippen LogP contribution in [0, 0.1) is 11.6 Å². The maximum absolute atomic E-state index is 13.9. The molecule has 3 aromatic rings. The van der Waals surface area contributed by atoms with Gasteiger partial charge in [-0.05, 0) is 79.0 Å². The van der Waals surface area contributed by atoms with E-state index in [1.807, 2.05) is 12.1 Å². The van der Waals surface area contributed by atoms with Gasteiger partial charge in [0, 0.05) is 5.39 Å². The molecule has 0 bridgehead atoms. The molecule has 0 aromatic heterocycles. The lowest BCUT2D eigenvalue weighted by atomic mass is 9.76. The predicted octanol–water partition coefficient (Wildman–Crippen LogP) is 7.68. The zero-order chi connectivity index (χ0) is 19.5. The second-order valence-electron chi connectivity index (χ2n) is 7.91. The Morgan fingerprint density at radius 2 is 1.46 bits per heavy atom. The van der Waals surface area contributed by atoms with E-state index in [9.17, 15) is 8.78 Å². The molecule has 28 heavy (non-hydrogen) atoms. The maximum Gasteiger partial charge on any atom is 0.166 e. The van der Waals surface area contributed by atoms with Crippen molar-refractivity contribution in [3.63, 3.8) is 0 Å². The first-order chi connectivity index (χ1) is 13.7. The van der Waals surface area contributed by atoms with Crippen molar-refractivity contribution in [2.24, 2.45) is 0 Å². The van der Waals surface area contributed by atoms with Crippen LogP contribution < -0.4 is 0 Å². The molecule has 2 heteroatoms. The molecular weight excluding hydrogens is 350 g/mol. The molecular formula is C26H26F2. The quantitative estimate of drug-likeness (QED) is 0.410. The molecule has 3 aromatic carbocycles. The molecule has 1 saturated carbocycles. The number of hydrogen-bond donors (Lipinski definition) is 0. The highest BCUT2D eigenvalue weighted by molar-refractivity contribution is 5.84. The Morgan fingerprint density at radius 3 is 2.14 bits per heavy atom. The molecule has 0 radical (unpaired) electrons. The van der Waals surface area contributed by atoms with Gasteiger partial charge in [0.05, 0.1) is 0 Å². The van der Waals surface area contributed by atoms with Crippen molar-refractivity contribution in [2.75, 3.05) is 0 Å². The van der Waals surface area contributed by atoms with Crippen LogP contribution in [0.3, 0.4) is 0 Å². The summed E-state index contributed by atoms with van der Waals surface area (Å²) < 4.78 is 27.3. The number of allylic oxidation sites excluding steroid dienone is 2. The molecule has 0 atom stereocenters. The zero-order valence-electron chi connectivity index (χ0n) is 16.3. The third kappa shape index (κ3) is 3.87. The summed E-state index contributed by atoms with van der Waals surface area (Å²) in [6.07, 6.45) is 9.90. The molecule has 0 heterocycles. The number of hydrogen-bond acceptors (Lipinski definition) is 0. The Labute approximate surface area is 165 Å². The summed E-state index contributed by atoms with van der Waals surface area (Å²) in [7, 11) is 0. The predicted molar refractivity (Wildman–Crippen MR) is 113 cm³/mol. The van der Waals surface area contributed by atoms with Crippen LogP contribution in [0.15, 0.2) is 66.7 Å². The van der Waals surface area contributed by atoms with Gasteiger partial charge in [-0.25, -0.2) is 8.78 Å². The van der Waals surface area contributed by atoms with Crippen molar-refractivity contribution in [1.29, 1.82) is 0 Å². The lowest BCUT2D eigenvalue weighted by Gasteiger charge is -2.29. The van der Waals surface area contributed by atoms with Gasteiger partial charge in [-0.15, -0.1) is 0 Å². The van der Waals surface area contributed by atoms with E-state index < -0.39 is 11.6 Å². The minimum Gasteiger partial charge on any atom is -0.204 e. The van der Waals surface area contributed by atoms with Gasteiger partial charge in [-0.3, -0.25) is 0 Å². The molecule has 0 unspecified atom stereocenters. The summed E-state index contributed by atoms with van der Waals surface area (Å²) in [5.41, 5.74) is 4.05. The summed E-state index contributed by atoms with van der Waals surface area (Å²) in [5, 5.41) is 1.16. The van der Waals surface area contributed by atoms with Crippen LogP contribution in [0.5, 0.6) is 0 Å². The first kappa shape index (κ1) is 18.9. The summed E-state index contributed by atoms with van der Waals surface area (Å²) in [6, 6.07) is 17.7. The second kappa shape index (κ2) is 8.26. The number of halogens is 2. The van der Waals surface area contributed by atoms with Crippen molar-refractivity contribution in [1.82, 2.24) is 0 Å². The van der Waals surface area contributed by atoms with E-state index in [0.717, 1.165) is 24.6 Å².